The van der Waals surface area contributed by atoms with Gasteiger partial charge in [0.25, 0.3) is 0 Å². The first-order valence-corrected chi connectivity index (χ1v) is 12.9. The number of rotatable bonds is 5. The van der Waals surface area contributed by atoms with Crippen molar-refractivity contribution in [1.29, 1.82) is 0 Å². The largest absolute Gasteiger partial charge is 0.349 e. The summed E-state index contributed by atoms with van der Waals surface area (Å²) in [6.45, 7) is 0. The predicted octanol–water partition coefficient (Wildman–Crippen LogP) is 5.89. The van der Waals surface area contributed by atoms with Crippen molar-refractivity contribution in [1.82, 2.24) is 10.6 Å². The first-order chi connectivity index (χ1) is 16.4. The van der Waals surface area contributed by atoms with Crippen molar-refractivity contribution in [3.63, 3.8) is 0 Å². The molecule has 0 aromatic heterocycles. The molecule has 5 fully saturated rings. The zero-order chi connectivity index (χ0) is 23.4. The van der Waals surface area contributed by atoms with Crippen LogP contribution in [0.4, 0.5) is 4.39 Å². The van der Waals surface area contributed by atoms with Crippen molar-refractivity contribution in [2.24, 2.45) is 23.7 Å². The summed E-state index contributed by atoms with van der Waals surface area (Å²) in [6, 6.07) is 12.3. The fourth-order valence-electron chi connectivity index (χ4n) is 7.73. The summed E-state index contributed by atoms with van der Waals surface area (Å²) in [7, 11) is 0. The van der Waals surface area contributed by atoms with Gasteiger partial charge in [0.15, 0.2) is 5.78 Å². The minimum absolute atomic E-state index is 0. The van der Waals surface area contributed by atoms with E-state index in [9.17, 15) is 14.0 Å². The van der Waals surface area contributed by atoms with E-state index in [4.69, 9.17) is 11.6 Å². The van der Waals surface area contributed by atoms with E-state index in [1.54, 1.807) is 30.3 Å². The van der Waals surface area contributed by atoms with Gasteiger partial charge in [0.1, 0.15) is 5.82 Å². The SMILES string of the molecule is Cl.O=C(NC12CC3CC(CC(C3)C1)C2)[C@@H]1C[C@H](C(=O)c2cccc(Cl)c2)[C@H](c2cccc(F)c2)N1. The topological polar surface area (TPSA) is 58.2 Å². The minimum atomic E-state index is -0.491. The van der Waals surface area contributed by atoms with Crippen LogP contribution in [0, 0.1) is 29.5 Å². The van der Waals surface area contributed by atoms with Gasteiger partial charge < -0.3 is 5.32 Å². The molecule has 186 valence electrons. The molecule has 1 saturated heterocycles. The molecule has 4 bridgehead atoms. The molecule has 1 amide bonds. The summed E-state index contributed by atoms with van der Waals surface area (Å²) in [6.07, 6.45) is 7.56. The van der Waals surface area contributed by atoms with Crippen molar-refractivity contribution in [2.45, 2.75) is 62.6 Å². The molecule has 35 heavy (non-hydrogen) atoms. The van der Waals surface area contributed by atoms with E-state index in [0.717, 1.165) is 37.0 Å². The highest BCUT2D eigenvalue weighted by Gasteiger charge is 2.52. The Kier molecular flexibility index (Phi) is 6.71. The first kappa shape index (κ1) is 24.7. The standard InChI is InChI=1S/C28H30ClFN2O2.ClH/c29-21-5-1-4-20(10-21)26(33)23-12-24(31-25(23)19-3-2-6-22(30)11-19)27(34)32-28-13-16-7-17(14-28)9-18(8-16)15-28;/h1-6,10-11,16-18,23-25,31H,7-9,12-15H2,(H,32,34);1H/t16?,17?,18?,23-,24-,25-,28?;/m0./s1. The molecule has 0 radical (unpaired) electrons. The van der Waals surface area contributed by atoms with Crippen LogP contribution in [0.25, 0.3) is 0 Å². The Morgan fingerprint density at radius 3 is 2.23 bits per heavy atom. The van der Waals surface area contributed by atoms with Crippen molar-refractivity contribution >= 4 is 35.7 Å². The van der Waals surface area contributed by atoms with Crippen LogP contribution in [0.3, 0.4) is 0 Å². The highest BCUT2D eigenvalue weighted by Crippen LogP contribution is 2.55. The fourth-order valence-corrected chi connectivity index (χ4v) is 7.92. The first-order valence-electron chi connectivity index (χ1n) is 12.5. The van der Waals surface area contributed by atoms with E-state index in [0.29, 0.717) is 22.6 Å². The molecule has 2 N–H and O–H groups in total. The van der Waals surface area contributed by atoms with Crippen LogP contribution in [-0.2, 0) is 4.79 Å². The maximum atomic E-state index is 14.1. The quantitative estimate of drug-likeness (QED) is 0.487. The van der Waals surface area contributed by atoms with Crippen molar-refractivity contribution in [2.75, 3.05) is 0 Å². The lowest BCUT2D eigenvalue weighted by Crippen LogP contribution is -2.62. The maximum absolute atomic E-state index is 14.1. The number of halogens is 3. The summed E-state index contributed by atoms with van der Waals surface area (Å²) in [5, 5.41) is 7.35. The summed E-state index contributed by atoms with van der Waals surface area (Å²) >= 11 is 6.14. The molecular formula is C28H31Cl2FN2O2. The third-order valence-corrected chi connectivity index (χ3v) is 8.90. The minimum Gasteiger partial charge on any atom is -0.349 e. The average Bonchev–Trinajstić information content (AvgIpc) is 3.23. The van der Waals surface area contributed by atoms with Crippen molar-refractivity contribution in [3.8, 4) is 0 Å². The lowest BCUT2D eigenvalue weighted by Gasteiger charge is -2.57. The van der Waals surface area contributed by atoms with Gasteiger partial charge in [-0.15, -0.1) is 12.4 Å². The Morgan fingerprint density at radius 1 is 0.943 bits per heavy atom. The van der Waals surface area contributed by atoms with E-state index < -0.39 is 18.0 Å². The second kappa shape index (κ2) is 9.49. The van der Waals surface area contributed by atoms with Gasteiger partial charge in [0.2, 0.25) is 5.91 Å². The molecule has 5 aliphatic rings. The van der Waals surface area contributed by atoms with Gasteiger partial charge in [0.05, 0.1) is 6.04 Å². The van der Waals surface area contributed by atoms with E-state index in [2.05, 4.69) is 10.6 Å². The van der Waals surface area contributed by atoms with E-state index >= 15 is 0 Å². The molecule has 0 spiro atoms. The predicted molar refractivity (Wildman–Crippen MR) is 136 cm³/mol. The van der Waals surface area contributed by atoms with Gasteiger partial charge >= 0.3 is 0 Å². The van der Waals surface area contributed by atoms with Gasteiger partial charge in [-0.2, -0.15) is 0 Å². The zero-order valence-corrected chi connectivity index (χ0v) is 21.1. The van der Waals surface area contributed by atoms with Crippen LogP contribution in [0.15, 0.2) is 48.5 Å². The lowest BCUT2D eigenvalue weighted by atomic mass is 9.53. The van der Waals surface area contributed by atoms with Crippen LogP contribution in [-0.4, -0.2) is 23.3 Å². The molecular weight excluding hydrogens is 486 g/mol. The second-order valence-corrected chi connectivity index (χ2v) is 11.6. The van der Waals surface area contributed by atoms with E-state index in [-0.39, 0.29) is 35.5 Å². The molecule has 2 aromatic rings. The molecule has 4 nitrogen and oxygen atoms in total. The smallest absolute Gasteiger partial charge is 0.237 e. The highest BCUT2D eigenvalue weighted by atomic mass is 35.5. The number of amides is 1. The second-order valence-electron chi connectivity index (χ2n) is 11.2. The number of carbonyl (C=O) groups excluding carboxylic acids is 2. The molecule has 7 heteroatoms. The third-order valence-electron chi connectivity index (χ3n) is 8.67. The summed E-state index contributed by atoms with van der Waals surface area (Å²) in [5.41, 5.74) is 1.12. The van der Waals surface area contributed by atoms with Gasteiger partial charge in [-0.05, 0) is 92.5 Å². The van der Waals surface area contributed by atoms with E-state index in [1.807, 2.05) is 6.07 Å². The molecule has 4 saturated carbocycles. The maximum Gasteiger partial charge on any atom is 0.237 e. The number of benzene rings is 2. The van der Waals surface area contributed by atoms with Gasteiger partial charge in [-0.3, -0.25) is 14.9 Å². The molecule has 2 aromatic carbocycles. The zero-order valence-electron chi connectivity index (χ0n) is 19.5. The molecule has 7 rings (SSSR count). The van der Waals surface area contributed by atoms with Crippen LogP contribution >= 0.6 is 24.0 Å². The Morgan fingerprint density at radius 2 is 1.60 bits per heavy atom. The van der Waals surface area contributed by atoms with Gasteiger partial charge in [0, 0.05) is 28.1 Å². The van der Waals surface area contributed by atoms with Gasteiger partial charge in [-0.25, -0.2) is 4.39 Å². The van der Waals surface area contributed by atoms with Gasteiger partial charge in [-0.1, -0.05) is 35.9 Å². The monoisotopic (exact) mass is 516 g/mol. The van der Waals surface area contributed by atoms with Crippen molar-refractivity contribution in [3.05, 3.63) is 70.5 Å². The number of Topliss-reactive ketones (excluding diaryl/α,β-unsaturated/α-hetero) is 1. The van der Waals surface area contributed by atoms with Crippen LogP contribution < -0.4 is 10.6 Å². The number of hydrogen-bond acceptors (Lipinski definition) is 3. The Bertz CT molecular complexity index is 1100. The fraction of sp³-hybridized carbons (Fsp3) is 0.500. The summed E-state index contributed by atoms with van der Waals surface area (Å²) < 4.78 is 14.1. The number of carbonyl (C=O) groups is 2. The molecule has 4 aliphatic carbocycles. The van der Waals surface area contributed by atoms with Crippen LogP contribution in [0.5, 0.6) is 0 Å². The van der Waals surface area contributed by atoms with Crippen molar-refractivity contribution < 1.29 is 14.0 Å². The Balaban J connectivity index is 0.00000253. The molecule has 3 atom stereocenters. The summed E-state index contributed by atoms with van der Waals surface area (Å²) in [4.78, 5) is 27.1. The normalized spacial score (nSPS) is 34.9. The van der Waals surface area contributed by atoms with E-state index in [1.165, 1.54) is 31.4 Å². The van der Waals surface area contributed by atoms with Crippen LogP contribution in [0.1, 0.15) is 66.9 Å². The lowest BCUT2D eigenvalue weighted by molar-refractivity contribution is -0.128. The number of nitrogens with one attached hydrogen (secondary N) is 2. The average molecular weight is 517 g/mol. The summed E-state index contributed by atoms with van der Waals surface area (Å²) in [5.74, 6) is 1.28. The highest BCUT2D eigenvalue weighted by molar-refractivity contribution is 6.31. The molecule has 1 heterocycles. The Labute approximate surface area is 216 Å². The Hall–Kier alpha value is -1.95. The van der Waals surface area contributed by atoms with Crippen LogP contribution in [0.2, 0.25) is 5.02 Å². The number of hydrogen-bond donors (Lipinski definition) is 2. The molecule has 0 unspecified atom stereocenters. The third kappa shape index (κ3) is 4.75. The number of ketones is 1. The molecule has 1 aliphatic heterocycles.